The van der Waals surface area contributed by atoms with Crippen molar-refractivity contribution in [2.45, 2.75) is 29.6 Å². The van der Waals surface area contributed by atoms with Gasteiger partial charge in [0.1, 0.15) is 0 Å². The number of benzene rings is 7. The maximum atomic E-state index is 13.5. The molecule has 2 heterocycles. The van der Waals surface area contributed by atoms with E-state index in [1.165, 1.54) is 60.7 Å². The van der Waals surface area contributed by atoms with E-state index in [9.17, 15) is 8.42 Å². The molecule has 0 unspecified atom stereocenters. The molecule has 5 heteroatoms. The smallest absolute Gasteiger partial charge is 0.210 e. The summed E-state index contributed by atoms with van der Waals surface area (Å²) >= 11 is 0. The van der Waals surface area contributed by atoms with Crippen LogP contribution < -0.4 is 4.90 Å². The Morgan fingerprint density at radius 1 is 0.521 bits per heavy atom. The fourth-order valence-corrected chi connectivity index (χ4v) is 9.69. The molecule has 0 atom stereocenters. The number of rotatable bonds is 2. The highest BCUT2D eigenvalue weighted by molar-refractivity contribution is 7.92. The molecule has 48 heavy (non-hydrogen) atoms. The highest BCUT2D eigenvalue weighted by Crippen LogP contribution is 2.48. The summed E-state index contributed by atoms with van der Waals surface area (Å²) in [6.45, 7) is 2.20. The van der Waals surface area contributed by atoms with Crippen LogP contribution in [-0.2, 0) is 22.7 Å². The summed E-state index contributed by atoms with van der Waals surface area (Å²) in [5.41, 5.74) is 12.7. The van der Waals surface area contributed by atoms with E-state index in [-0.39, 0.29) is 0 Å². The van der Waals surface area contributed by atoms with Gasteiger partial charge in [-0.25, -0.2) is 8.42 Å². The van der Waals surface area contributed by atoms with E-state index in [1.54, 1.807) is 24.3 Å². The Kier molecular flexibility index (Phi) is 5.68. The van der Waals surface area contributed by atoms with Gasteiger partial charge in [-0.1, -0.05) is 84.9 Å². The van der Waals surface area contributed by atoms with Crippen LogP contribution in [0.2, 0.25) is 0 Å². The molecular weight excluding hydrogens is 609 g/mol. The molecule has 0 fully saturated rings. The van der Waals surface area contributed by atoms with Crippen molar-refractivity contribution in [3.63, 3.8) is 0 Å². The standard InChI is InChI=1S/C43H30N2O2S/c1-27-9-8-11-37-36-10-2-3-12-38(36)45(43(27)37)35-20-18-29-22-30-23-32-25-34(19-17-28(32)21-31(30)24-33(29)26-35)44-39-13-4-6-15-41(39)48(46,47)42-16-7-5-14-40(42)44/h2-21,23,25-26H,22,24H2,1H3. The molecule has 7 aromatic carbocycles. The number of hydrogen-bond donors (Lipinski definition) is 0. The normalized spacial score (nSPS) is 14.5. The lowest BCUT2D eigenvalue weighted by Crippen LogP contribution is -2.22. The summed E-state index contributed by atoms with van der Waals surface area (Å²) in [7, 11) is -3.61. The van der Waals surface area contributed by atoms with Crippen molar-refractivity contribution in [2.24, 2.45) is 0 Å². The number of hydrogen-bond acceptors (Lipinski definition) is 3. The third-order valence-corrected chi connectivity index (χ3v) is 12.1. The number of para-hydroxylation sites is 4. The van der Waals surface area contributed by atoms with Crippen molar-refractivity contribution in [2.75, 3.05) is 4.90 Å². The van der Waals surface area contributed by atoms with Crippen LogP contribution in [0.3, 0.4) is 0 Å². The topological polar surface area (TPSA) is 42.3 Å². The Bertz CT molecular complexity index is 2720. The molecule has 4 nitrogen and oxygen atoms in total. The third kappa shape index (κ3) is 3.85. The summed E-state index contributed by atoms with van der Waals surface area (Å²) in [5, 5.41) is 4.90. The maximum absolute atomic E-state index is 13.5. The molecule has 10 rings (SSSR count). The highest BCUT2D eigenvalue weighted by Gasteiger charge is 2.34. The van der Waals surface area contributed by atoms with Crippen LogP contribution in [0.1, 0.15) is 27.8 Å². The quantitative estimate of drug-likeness (QED) is 0.189. The molecule has 0 bridgehead atoms. The van der Waals surface area contributed by atoms with Gasteiger partial charge < -0.3 is 9.47 Å². The number of sulfone groups is 1. The van der Waals surface area contributed by atoms with Gasteiger partial charge >= 0.3 is 0 Å². The predicted molar refractivity (Wildman–Crippen MR) is 195 cm³/mol. The van der Waals surface area contributed by atoms with Crippen LogP contribution in [0.25, 0.3) is 38.3 Å². The van der Waals surface area contributed by atoms with Gasteiger partial charge in [-0.3, -0.25) is 0 Å². The summed E-state index contributed by atoms with van der Waals surface area (Å²) in [6, 6.07) is 48.0. The van der Waals surface area contributed by atoms with Crippen LogP contribution in [0.5, 0.6) is 0 Å². The molecule has 1 aliphatic carbocycles. The summed E-state index contributed by atoms with van der Waals surface area (Å²) < 4.78 is 29.5. The van der Waals surface area contributed by atoms with Crippen LogP contribution in [0.15, 0.2) is 149 Å². The molecule has 2 aliphatic rings. The number of fused-ring (bicyclic) bond motifs is 8. The SMILES string of the molecule is Cc1cccc2c3ccccc3n(-c3ccc4c(c3)Cc3cc5ccc(N6c7ccccc7S(=O)(=O)c7ccccc76)cc5cc3C4)c12. The first-order valence-electron chi connectivity index (χ1n) is 16.4. The molecule has 1 aromatic heterocycles. The Morgan fingerprint density at radius 3 is 1.94 bits per heavy atom. The Hall–Kier alpha value is -5.65. The van der Waals surface area contributed by atoms with Crippen molar-refractivity contribution in [3.05, 3.63) is 167 Å². The molecule has 0 radical (unpaired) electrons. The molecule has 0 saturated carbocycles. The Labute approximate surface area is 279 Å². The average molecular weight is 639 g/mol. The van der Waals surface area contributed by atoms with E-state index >= 15 is 0 Å². The second-order valence-corrected chi connectivity index (χ2v) is 14.9. The minimum atomic E-state index is -3.61. The molecule has 0 N–H and O–H groups in total. The number of anilines is 3. The van der Waals surface area contributed by atoms with Gasteiger partial charge in [-0.15, -0.1) is 0 Å². The van der Waals surface area contributed by atoms with Gasteiger partial charge in [0.2, 0.25) is 9.84 Å². The molecular formula is C43H30N2O2S. The minimum Gasteiger partial charge on any atom is -0.309 e. The lowest BCUT2D eigenvalue weighted by Gasteiger charge is -2.33. The van der Waals surface area contributed by atoms with E-state index < -0.39 is 9.84 Å². The molecule has 230 valence electrons. The summed E-state index contributed by atoms with van der Waals surface area (Å²) in [6.07, 6.45) is 1.77. The maximum Gasteiger partial charge on any atom is 0.210 e. The van der Waals surface area contributed by atoms with Crippen molar-refractivity contribution < 1.29 is 8.42 Å². The van der Waals surface area contributed by atoms with Crippen LogP contribution in [0, 0.1) is 6.92 Å². The fraction of sp³-hybridized carbons (Fsp3) is 0.0698. The van der Waals surface area contributed by atoms with Gasteiger partial charge in [-0.2, -0.15) is 0 Å². The highest BCUT2D eigenvalue weighted by atomic mass is 32.2. The first-order valence-corrected chi connectivity index (χ1v) is 17.8. The molecule has 0 spiro atoms. The van der Waals surface area contributed by atoms with Gasteiger partial charge in [0.05, 0.1) is 32.2 Å². The summed E-state index contributed by atoms with van der Waals surface area (Å²) in [4.78, 5) is 2.75. The van der Waals surface area contributed by atoms with Crippen molar-refractivity contribution in [1.29, 1.82) is 0 Å². The molecule has 0 amide bonds. The lowest BCUT2D eigenvalue weighted by molar-refractivity contribution is 0.595. The molecule has 8 aromatic rings. The summed E-state index contributed by atoms with van der Waals surface area (Å²) in [5.74, 6) is 0. The molecule has 0 saturated heterocycles. The molecule has 1 aliphatic heterocycles. The first kappa shape index (κ1) is 27.5. The number of aromatic nitrogens is 1. The van der Waals surface area contributed by atoms with Crippen LogP contribution in [-0.4, -0.2) is 13.0 Å². The first-order chi connectivity index (χ1) is 23.5. The monoisotopic (exact) mass is 638 g/mol. The zero-order valence-corrected chi connectivity index (χ0v) is 27.1. The lowest BCUT2D eigenvalue weighted by atomic mass is 9.84. The van der Waals surface area contributed by atoms with Gasteiger partial charge in [0, 0.05) is 22.1 Å². The minimum absolute atomic E-state index is 0.335. The van der Waals surface area contributed by atoms with E-state index in [4.69, 9.17) is 0 Å². The zero-order valence-electron chi connectivity index (χ0n) is 26.3. The zero-order chi connectivity index (χ0) is 32.1. The third-order valence-electron chi connectivity index (χ3n) is 10.3. The fourth-order valence-electron chi connectivity index (χ4n) is 8.07. The average Bonchev–Trinajstić information content (AvgIpc) is 3.45. The van der Waals surface area contributed by atoms with E-state index in [0.29, 0.717) is 21.2 Å². The van der Waals surface area contributed by atoms with E-state index in [1.807, 2.05) is 24.3 Å². The van der Waals surface area contributed by atoms with Gasteiger partial charge in [0.15, 0.2) is 0 Å². The van der Waals surface area contributed by atoms with Crippen LogP contribution >= 0.6 is 0 Å². The van der Waals surface area contributed by atoms with Crippen molar-refractivity contribution >= 4 is 59.5 Å². The number of aryl methyl sites for hydroxylation is 1. The predicted octanol–water partition coefficient (Wildman–Crippen LogP) is 10.4. The largest absolute Gasteiger partial charge is 0.309 e. The second-order valence-electron chi connectivity index (χ2n) is 13.1. The number of nitrogens with zero attached hydrogens (tertiary/aromatic N) is 2. The second kappa shape index (κ2) is 9.93. The Morgan fingerprint density at radius 2 is 1.15 bits per heavy atom. The van der Waals surface area contributed by atoms with Crippen molar-refractivity contribution in [3.8, 4) is 5.69 Å². The van der Waals surface area contributed by atoms with E-state index in [0.717, 1.165) is 23.9 Å². The van der Waals surface area contributed by atoms with Gasteiger partial charge in [-0.05, 0) is 113 Å². The van der Waals surface area contributed by atoms with E-state index in [2.05, 4.69) is 107 Å². The van der Waals surface area contributed by atoms with Crippen molar-refractivity contribution in [1.82, 2.24) is 4.57 Å². The Balaban J connectivity index is 1.06. The van der Waals surface area contributed by atoms with Crippen LogP contribution in [0.4, 0.5) is 17.1 Å². The van der Waals surface area contributed by atoms with Gasteiger partial charge in [0.25, 0.3) is 0 Å².